The van der Waals surface area contributed by atoms with Crippen LogP contribution in [0.1, 0.15) is 12.0 Å². The van der Waals surface area contributed by atoms with E-state index < -0.39 is 18.2 Å². The standard InChI is InChI=1S/C14H14F3NO3/c15-14(16,17)13(20)18-7-6-11(19)12(8-18)21-9-10-4-2-1-3-5-10/h1-5,12H,6-9H2. The second kappa shape index (κ2) is 6.26. The summed E-state index contributed by atoms with van der Waals surface area (Å²) < 4.78 is 42.5. The number of piperidine rings is 1. The van der Waals surface area contributed by atoms with Crippen molar-refractivity contribution in [2.75, 3.05) is 13.1 Å². The number of likely N-dealkylation sites (tertiary alicyclic amines) is 1. The highest BCUT2D eigenvalue weighted by atomic mass is 19.4. The van der Waals surface area contributed by atoms with Crippen LogP contribution < -0.4 is 0 Å². The maximum atomic E-state index is 12.4. The number of Topliss-reactive ketones (excluding diaryl/α,β-unsaturated/α-hetero) is 1. The van der Waals surface area contributed by atoms with Crippen LogP contribution in [0.25, 0.3) is 0 Å². The molecule has 0 aromatic heterocycles. The summed E-state index contributed by atoms with van der Waals surface area (Å²) >= 11 is 0. The van der Waals surface area contributed by atoms with Gasteiger partial charge in [-0.1, -0.05) is 30.3 Å². The molecule has 0 saturated carbocycles. The molecule has 21 heavy (non-hydrogen) atoms. The molecular weight excluding hydrogens is 287 g/mol. The first kappa shape index (κ1) is 15.5. The minimum atomic E-state index is -4.93. The summed E-state index contributed by atoms with van der Waals surface area (Å²) in [6.45, 7) is -0.461. The van der Waals surface area contributed by atoms with E-state index in [1.807, 2.05) is 6.07 Å². The lowest BCUT2D eigenvalue weighted by molar-refractivity contribution is -0.189. The zero-order valence-corrected chi connectivity index (χ0v) is 11.1. The first-order chi connectivity index (χ1) is 9.88. The fourth-order valence-electron chi connectivity index (χ4n) is 2.08. The number of ketones is 1. The largest absolute Gasteiger partial charge is 0.471 e. The van der Waals surface area contributed by atoms with Crippen molar-refractivity contribution in [2.45, 2.75) is 25.3 Å². The SMILES string of the molecule is O=C1CCN(C(=O)C(F)(F)F)CC1OCc1ccccc1. The van der Waals surface area contributed by atoms with Gasteiger partial charge in [-0.2, -0.15) is 13.2 Å². The quantitative estimate of drug-likeness (QED) is 0.857. The minimum absolute atomic E-state index is 0.116. The molecule has 0 spiro atoms. The number of hydrogen-bond donors (Lipinski definition) is 0. The molecule has 0 N–H and O–H groups in total. The van der Waals surface area contributed by atoms with Crippen LogP contribution in [0, 0.1) is 0 Å². The molecule has 1 aromatic carbocycles. The maximum absolute atomic E-state index is 12.4. The Labute approximate surface area is 119 Å². The van der Waals surface area contributed by atoms with Gasteiger partial charge in [-0.05, 0) is 5.56 Å². The van der Waals surface area contributed by atoms with Crippen LogP contribution in [-0.2, 0) is 20.9 Å². The van der Waals surface area contributed by atoms with Crippen LogP contribution in [-0.4, -0.2) is 42.0 Å². The van der Waals surface area contributed by atoms with Crippen LogP contribution in [0.5, 0.6) is 0 Å². The molecule has 0 aliphatic carbocycles. The Kier molecular flexibility index (Phi) is 4.62. The van der Waals surface area contributed by atoms with Gasteiger partial charge >= 0.3 is 12.1 Å². The monoisotopic (exact) mass is 301 g/mol. The third kappa shape index (κ3) is 4.04. The molecule has 1 fully saturated rings. The summed E-state index contributed by atoms with van der Waals surface area (Å²) in [5.74, 6) is -2.21. The molecule has 1 heterocycles. The van der Waals surface area contributed by atoms with Crippen LogP contribution >= 0.6 is 0 Å². The summed E-state index contributed by atoms with van der Waals surface area (Å²) in [6, 6.07) is 8.97. The lowest BCUT2D eigenvalue weighted by Crippen LogP contribution is -2.51. The topological polar surface area (TPSA) is 46.6 Å². The fraction of sp³-hybridized carbons (Fsp3) is 0.429. The molecule has 1 aliphatic heterocycles. The molecule has 114 valence electrons. The number of rotatable bonds is 3. The summed E-state index contributed by atoms with van der Waals surface area (Å²) in [7, 11) is 0. The van der Waals surface area contributed by atoms with E-state index in [0.29, 0.717) is 4.90 Å². The van der Waals surface area contributed by atoms with Gasteiger partial charge in [0.05, 0.1) is 13.2 Å². The van der Waals surface area contributed by atoms with Gasteiger partial charge < -0.3 is 9.64 Å². The highest BCUT2D eigenvalue weighted by molar-refractivity contribution is 5.88. The molecule has 1 aromatic rings. The number of carbonyl (C=O) groups is 2. The third-order valence-electron chi connectivity index (χ3n) is 3.20. The molecule has 7 heteroatoms. The molecule has 2 rings (SSSR count). The lowest BCUT2D eigenvalue weighted by atomic mass is 10.1. The summed E-state index contributed by atoms with van der Waals surface area (Å²) in [5.41, 5.74) is 0.810. The molecule has 0 radical (unpaired) electrons. The smallest absolute Gasteiger partial charge is 0.364 e. The Balaban J connectivity index is 1.95. The van der Waals surface area contributed by atoms with Gasteiger partial charge in [0, 0.05) is 13.0 Å². The fourth-order valence-corrected chi connectivity index (χ4v) is 2.08. The highest BCUT2D eigenvalue weighted by Crippen LogP contribution is 2.21. The Hall–Kier alpha value is -1.89. The van der Waals surface area contributed by atoms with Crippen molar-refractivity contribution in [2.24, 2.45) is 0 Å². The first-order valence-corrected chi connectivity index (χ1v) is 6.42. The van der Waals surface area contributed by atoms with Gasteiger partial charge in [-0.3, -0.25) is 9.59 Å². The van der Waals surface area contributed by atoms with E-state index in [-0.39, 0.29) is 31.9 Å². The number of alkyl halides is 3. The first-order valence-electron chi connectivity index (χ1n) is 6.42. The summed E-state index contributed by atoms with van der Waals surface area (Å²) in [4.78, 5) is 23.5. The third-order valence-corrected chi connectivity index (χ3v) is 3.20. The molecule has 1 aliphatic rings. The second-order valence-corrected chi connectivity index (χ2v) is 4.75. The zero-order valence-electron chi connectivity index (χ0n) is 11.1. The average Bonchev–Trinajstić information content (AvgIpc) is 2.46. The maximum Gasteiger partial charge on any atom is 0.471 e. The van der Waals surface area contributed by atoms with E-state index in [1.165, 1.54) is 0 Å². The van der Waals surface area contributed by atoms with E-state index in [4.69, 9.17) is 4.74 Å². The van der Waals surface area contributed by atoms with E-state index in [1.54, 1.807) is 24.3 Å². The van der Waals surface area contributed by atoms with Gasteiger partial charge in [0.25, 0.3) is 0 Å². The van der Waals surface area contributed by atoms with E-state index in [0.717, 1.165) is 5.56 Å². The Morgan fingerprint density at radius 1 is 1.29 bits per heavy atom. The molecule has 0 bridgehead atoms. The molecular formula is C14H14F3NO3. The van der Waals surface area contributed by atoms with Gasteiger partial charge in [0.1, 0.15) is 6.10 Å². The van der Waals surface area contributed by atoms with Crippen LogP contribution in [0.15, 0.2) is 30.3 Å². The second-order valence-electron chi connectivity index (χ2n) is 4.75. The van der Waals surface area contributed by atoms with Gasteiger partial charge in [-0.25, -0.2) is 0 Å². The van der Waals surface area contributed by atoms with Crippen LogP contribution in [0.2, 0.25) is 0 Å². The summed E-state index contributed by atoms with van der Waals surface area (Å²) in [6.07, 6.45) is -6.06. The van der Waals surface area contributed by atoms with Crippen molar-refractivity contribution in [3.05, 3.63) is 35.9 Å². The van der Waals surface area contributed by atoms with E-state index >= 15 is 0 Å². The number of amides is 1. The van der Waals surface area contributed by atoms with Crippen LogP contribution in [0.3, 0.4) is 0 Å². The normalized spacial score (nSPS) is 19.7. The number of carbonyl (C=O) groups excluding carboxylic acids is 2. The van der Waals surface area contributed by atoms with Crippen molar-refractivity contribution < 1.29 is 27.5 Å². The average molecular weight is 301 g/mol. The van der Waals surface area contributed by atoms with Crippen molar-refractivity contribution in [3.8, 4) is 0 Å². The zero-order chi connectivity index (χ0) is 15.5. The predicted octanol–water partition coefficient (Wildman–Crippen LogP) is 1.94. The highest BCUT2D eigenvalue weighted by Gasteiger charge is 2.45. The number of ether oxygens (including phenoxy) is 1. The number of benzene rings is 1. The Morgan fingerprint density at radius 2 is 1.95 bits per heavy atom. The molecule has 1 unspecified atom stereocenters. The molecule has 1 saturated heterocycles. The Bertz CT molecular complexity index is 516. The van der Waals surface area contributed by atoms with E-state index in [2.05, 4.69) is 0 Å². The predicted molar refractivity (Wildman–Crippen MR) is 67.3 cm³/mol. The molecule has 1 atom stereocenters. The minimum Gasteiger partial charge on any atom is -0.364 e. The Morgan fingerprint density at radius 3 is 2.57 bits per heavy atom. The van der Waals surface area contributed by atoms with Crippen molar-refractivity contribution in [1.82, 2.24) is 4.90 Å². The van der Waals surface area contributed by atoms with Crippen molar-refractivity contribution >= 4 is 11.7 Å². The number of nitrogens with zero attached hydrogens (tertiary/aromatic N) is 1. The van der Waals surface area contributed by atoms with E-state index in [9.17, 15) is 22.8 Å². The molecule has 1 amide bonds. The lowest BCUT2D eigenvalue weighted by Gasteiger charge is -2.32. The molecule has 4 nitrogen and oxygen atoms in total. The van der Waals surface area contributed by atoms with Gasteiger partial charge in [0.2, 0.25) is 0 Å². The number of hydrogen-bond acceptors (Lipinski definition) is 3. The van der Waals surface area contributed by atoms with Crippen molar-refractivity contribution in [3.63, 3.8) is 0 Å². The number of halogens is 3. The van der Waals surface area contributed by atoms with Crippen molar-refractivity contribution in [1.29, 1.82) is 0 Å². The summed E-state index contributed by atoms with van der Waals surface area (Å²) in [5, 5.41) is 0. The van der Waals surface area contributed by atoms with Gasteiger partial charge in [0.15, 0.2) is 5.78 Å². The van der Waals surface area contributed by atoms with Crippen LogP contribution in [0.4, 0.5) is 13.2 Å². The van der Waals surface area contributed by atoms with Gasteiger partial charge in [-0.15, -0.1) is 0 Å².